The summed E-state index contributed by atoms with van der Waals surface area (Å²) in [4.78, 5) is 19.6. The number of aromatic amines is 1. The van der Waals surface area contributed by atoms with Gasteiger partial charge in [-0.3, -0.25) is 14.8 Å². The van der Waals surface area contributed by atoms with Crippen molar-refractivity contribution >= 4 is 5.65 Å². The number of nitrogens with zero attached hydrogens (tertiary/aromatic N) is 3. The molecule has 1 atom stereocenters. The Morgan fingerprint density at radius 2 is 1.90 bits per heavy atom. The first-order valence-corrected chi connectivity index (χ1v) is 10.1. The molecule has 0 saturated carbocycles. The van der Waals surface area contributed by atoms with Gasteiger partial charge in [-0.1, -0.05) is 12.5 Å². The fraction of sp³-hybridized carbons (Fsp3) is 0.455. The zero-order chi connectivity index (χ0) is 20.5. The van der Waals surface area contributed by atoms with Gasteiger partial charge in [0.05, 0.1) is 31.5 Å². The highest BCUT2D eigenvalue weighted by molar-refractivity contribution is 5.45. The van der Waals surface area contributed by atoms with Crippen LogP contribution >= 0.6 is 0 Å². The molecule has 0 spiro atoms. The van der Waals surface area contributed by atoms with Gasteiger partial charge in [-0.2, -0.15) is 0 Å². The van der Waals surface area contributed by atoms with Gasteiger partial charge in [0, 0.05) is 23.9 Å². The molecule has 1 aliphatic rings. The van der Waals surface area contributed by atoms with Crippen LogP contribution < -0.4 is 15.0 Å². The molecule has 1 N–H and O–H groups in total. The summed E-state index contributed by atoms with van der Waals surface area (Å²) < 4.78 is 12.7. The van der Waals surface area contributed by atoms with Gasteiger partial charge < -0.3 is 9.47 Å². The fourth-order valence-electron chi connectivity index (χ4n) is 4.23. The third-order valence-electron chi connectivity index (χ3n) is 5.97. The minimum absolute atomic E-state index is 0.0347. The molecule has 0 bridgehead atoms. The number of likely N-dealkylation sites (tertiary alicyclic amines) is 1. The second-order valence-corrected chi connectivity index (χ2v) is 7.66. The van der Waals surface area contributed by atoms with Crippen LogP contribution in [-0.2, 0) is 6.54 Å². The van der Waals surface area contributed by atoms with Crippen LogP contribution in [0.2, 0.25) is 0 Å². The van der Waals surface area contributed by atoms with E-state index in [2.05, 4.69) is 15.0 Å². The number of methoxy groups -OCH3 is 2. The van der Waals surface area contributed by atoms with E-state index >= 15 is 0 Å². The van der Waals surface area contributed by atoms with E-state index in [4.69, 9.17) is 9.47 Å². The highest BCUT2D eigenvalue weighted by atomic mass is 16.5. The molecule has 3 aromatic rings. The third kappa shape index (κ3) is 3.51. The summed E-state index contributed by atoms with van der Waals surface area (Å²) in [5.41, 5.74) is 4.16. The minimum atomic E-state index is -0.0347. The Bertz CT molecular complexity index is 1060. The summed E-state index contributed by atoms with van der Waals surface area (Å²) in [6.45, 7) is 5.39. The summed E-state index contributed by atoms with van der Waals surface area (Å²) in [6.07, 6.45) is 3.32. The van der Waals surface area contributed by atoms with Gasteiger partial charge in [0.2, 0.25) is 0 Å². The van der Waals surface area contributed by atoms with Gasteiger partial charge in [0.15, 0.2) is 5.65 Å². The van der Waals surface area contributed by atoms with Crippen molar-refractivity contribution in [3.63, 3.8) is 0 Å². The van der Waals surface area contributed by atoms with Gasteiger partial charge in [0.1, 0.15) is 11.5 Å². The van der Waals surface area contributed by atoms with E-state index < -0.39 is 0 Å². The monoisotopic (exact) mass is 396 g/mol. The zero-order valence-corrected chi connectivity index (χ0v) is 17.5. The molecule has 0 amide bonds. The number of nitrogens with one attached hydrogen (secondary N) is 1. The molecular formula is C22H28N4O3. The van der Waals surface area contributed by atoms with Crippen LogP contribution in [0.25, 0.3) is 5.65 Å². The number of H-pyrrole nitrogens is 1. The molecular weight excluding hydrogens is 368 g/mol. The molecule has 7 heteroatoms. The van der Waals surface area contributed by atoms with Crippen molar-refractivity contribution < 1.29 is 9.47 Å². The fourth-order valence-corrected chi connectivity index (χ4v) is 4.23. The first kappa shape index (κ1) is 19.5. The Hall–Kier alpha value is -2.80. The number of hydrogen-bond donors (Lipinski definition) is 1. The number of aryl methyl sites for hydroxylation is 1. The van der Waals surface area contributed by atoms with Crippen molar-refractivity contribution in [3.05, 3.63) is 57.1 Å². The van der Waals surface area contributed by atoms with Crippen LogP contribution in [0.5, 0.6) is 11.5 Å². The first-order valence-electron chi connectivity index (χ1n) is 10.1. The van der Waals surface area contributed by atoms with E-state index in [1.807, 2.05) is 38.1 Å². The lowest BCUT2D eigenvalue weighted by Gasteiger charge is -2.35. The van der Waals surface area contributed by atoms with E-state index in [-0.39, 0.29) is 11.6 Å². The number of rotatable bonds is 5. The molecule has 29 heavy (non-hydrogen) atoms. The molecule has 154 valence electrons. The van der Waals surface area contributed by atoms with Gasteiger partial charge in [-0.25, -0.2) is 9.50 Å². The van der Waals surface area contributed by atoms with Crippen molar-refractivity contribution in [2.45, 2.75) is 45.7 Å². The van der Waals surface area contributed by atoms with E-state index in [9.17, 15) is 4.79 Å². The highest BCUT2D eigenvalue weighted by Gasteiger charge is 2.28. The number of aromatic nitrogens is 3. The lowest BCUT2D eigenvalue weighted by Crippen LogP contribution is -2.33. The number of benzene rings is 1. The number of fused-ring (bicyclic) bond motifs is 1. The predicted octanol–water partition coefficient (Wildman–Crippen LogP) is 3.38. The lowest BCUT2D eigenvalue weighted by atomic mass is 9.98. The number of hydrogen-bond acceptors (Lipinski definition) is 5. The molecule has 1 fully saturated rings. The summed E-state index contributed by atoms with van der Waals surface area (Å²) in [6, 6.07) is 8.06. The lowest BCUT2D eigenvalue weighted by molar-refractivity contribution is 0.134. The van der Waals surface area contributed by atoms with Crippen molar-refractivity contribution in [2.24, 2.45) is 0 Å². The molecule has 4 rings (SSSR count). The minimum Gasteiger partial charge on any atom is -0.496 e. The van der Waals surface area contributed by atoms with Gasteiger partial charge >= 0.3 is 0 Å². The maximum absolute atomic E-state index is 12.6. The van der Waals surface area contributed by atoms with Crippen LogP contribution in [0.3, 0.4) is 0 Å². The molecule has 2 aromatic heterocycles. The Balaban J connectivity index is 1.72. The third-order valence-corrected chi connectivity index (χ3v) is 5.97. The van der Waals surface area contributed by atoms with Crippen LogP contribution in [0.1, 0.15) is 47.8 Å². The molecule has 3 heterocycles. The molecule has 0 radical (unpaired) electrons. The summed E-state index contributed by atoms with van der Waals surface area (Å²) >= 11 is 0. The van der Waals surface area contributed by atoms with Gasteiger partial charge in [-0.05, 0) is 45.4 Å². The largest absolute Gasteiger partial charge is 0.496 e. The maximum Gasteiger partial charge on any atom is 0.275 e. The van der Waals surface area contributed by atoms with Gasteiger partial charge in [-0.15, -0.1) is 0 Å². The average molecular weight is 396 g/mol. The van der Waals surface area contributed by atoms with Crippen LogP contribution in [0.15, 0.2) is 29.1 Å². The summed E-state index contributed by atoms with van der Waals surface area (Å²) in [7, 11) is 3.37. The standard InChI is InChI=1S/C22H28N4O3/c1-14-15(2)23-21-12-17(24-26(21)22(14)27)18-8-5-6-11-25(18)13-16-19(28-3)9-7-10-20(16)29-4/h7,9-10,12,18,24H,5-6,8,11,13H2,1-4H3. The Labute approximate surface area is 170 Å². The van der Waals surface area contributed by atoms with Crippen molar-refractivity contribution in [3.8, 4) is 11.5 Å². The van der Waals surface area contributed by atoms with Crippen molar-refractivity contribution in [2.75, 3.05) is 20.8 Å². The number of piperidine rings is 1. The van der Waals surface area contributed by atoms with Crippen molar-refractivity contribution in [1.29, 1.82) is 0 Å². The number of ether oxygens (including phenoxy) is 2. The van der Waals surface area contributed by atoms with Gasteiger partial charge in [0.25, 0.3) is 5.56 Å². The SMILES string of the molecule is COc1cccc(OC)c1CN1CCCCC1c1cc2nc(C)c(C)c(=O)n2[nH]1. The second kappa shape index (κ2) is 7.91. The molecule has 1 aromatic carbocycles. The molecule has 7 nitrogen and oxygen atoms in total. The predicted molar refractivity (Wildman–Crippen MR) is 112 cm³/mol. The quantitative estimate of drug-likeness (QED) is 0.716. The van der Waals surface area contributed by atoms with Crippen molar-refractivity contribution in [1.82, 2.24) is 19.5 Å². The first-order chi connectivity index (χ1) is 14.0. The molecule has 1 saturated heterocycles. The second-order valence-electron chi connectivity index (χ2n) is 7.66. The topological polar surface area (TPSA) is 71.9 Å². The maximum atomic E-state index is 12.6. The average Bonchev–Trinajstić information content (AvgIpc) is 3.16. The van der Waals surface area contributed by atoms with Crippen LogP contribution in [-0.4, -0.2) is 40.3 Å². The Kier molecular flexibility index (Phi) is 5.32. The van der Waals surface area contributed by atoms with E-state index in [0.29, 0.717) is 17.8 Å². The van der Waals surface area contributed by atoms with Crippen LogP contribution in [0, 0.1) is 13.8 Å². The molecule has 0 aliphatic carbocycles. The van der Waals surface area contributed by atoms with Crippen LogP contribution in [0.4, 0.5) is 0 Å². The smallest absolute Gasteiger partial charge is 0.275 e. The Morgan fingerprint density at radius 3 is 2.59 bits per heavy atom. The Morgan fingerprint density at radius 1 is 1.17 bits per heavy atom. The normalized spacial score (nSPS) is 17.6. The summed E-state index contributed by atoms with van der Waals surface area (Å²) in [5, 5.41) is 3.31. The highest BCUT2D eigenvalue weighted by Crippen LogP contribution is 2.36. The van der Waals surface area contributed by atoms with E-state index in [1.54, 1.807) is 18.7 Å². The molecule has 1 aliphatic heterocycles. The molecule has 1 unspecified atom stereocenters. The summed E-state index contributed by atoms with van der Waals surface area (Å²) in [5.74, 6) is 1.66. The van der Waals surface area contributed by atoms with E-state index in [1.165, 1.54) is 0 Å². The van der Waals surface area contributed by atoms with E-state index in [0.717, 1.165) is 54.3 Å². The zero-order valence-electron chi connectivity index (χ0n) is 17.5.